The second kappa shape index (κ2) is 8.44. The van der Waals surface area contributed by atoms with Crippen molar-refractivity contribution in [3.05, 3.63) is 16.1 Å². The Kier molecular flexibility index (Phi) is 7.54. The summed E-state index contributed by atoms with van der Waals surface area (Å²) in [6.45, 7) is 11.5. The normalized spacial score (nSPS) is 19.2. The number of hydrogen-bond acceptors (Lipinski definition) is 4. The predicted molar refractivity (Wildman–Crippen MR) is 103 cm³/mol. The number of halogens is 1. The van der Waals surface area contributed by atoms with E-state index in [4.69, 9.17) is 0 Å². The Bertz CT molecular complexity index is 498. The standard InChI is InChI=1S/C15H26N4OS.HI/c1-5-16-14(19-7-6-12(20)9-19)17-8-11-10-21-13(18-11)15(2,3)4;/h10,12,20H,5-9H2,1-4H3,(H,16,17);1H/t12-;/m1./s1. The summed E-state index contributed by atoms with van der Waals surface area (Å²) in [4.78, 5) is 11.4. The minimum atomic E-state index is -0.236. The highest BCUT2D eigenvalue weighted by Gasteiger charge is 2.23. The number of thiazole rings is 1. The van der Waals surface area contributed by atoms with Gasteiger partial charge >= 0.3 is 0 Å². The van der Waals surface area contributed by atoms with Gasteiger partial charge in [-0.25, -0.2) is 9.98 Å². The summed E-state index contributed by atoms with van der Waals surface area (Å²) in [6, 6.07) is 0. The molecule has 0 bridgehead atoms. The van der Waals surface area contributed by atoms with E-state index in [1.165, 1.54) is 0 Å². The van der Waals surface area contributed by atoms with Crippen molar-refractivity contribution in [1.82, 2.24) is 15.2 Å². The zero-order valence-electron chi connectivity index (χ0n) is 13.8. The van der Waals surface area contributed by atoms with Crippen molar-refractivity contribution in [1.29, 1.82) is 0 Å². The van der Waals surface area contributed by atoms with E-state index in [2.05, 4.69) is 53.3 Å². The van der Waals surface area contributed by atoms with Crippen LogP contribution in [0.1, 0.15) is 44.8 Å². The van der Waals surface area contributed by atoms with Crippen LogP contribution >= 0.6 is 35.3 Å². The lowest BCUT2D eigenvalue weighted by molar-refractivity contribution is 0.188. The zero-order valence-corrected chi connectivity index (χ0v) is 16.9. The third-order valence-corrected chi connectivity index (χ3v) is 4.70. The Morgan fingerprint density at radius 1 is 1.55 bits per heavy atom. The number of hydrogen-bond donors (Lipinski definition) is 2. The van der Waals surface area contributed by atoms with Crippen molar-refractivity contribution in [3.8, 4) is 0 Å². The first kappa shape index (κ1) is 19.6. The fraction of sp³-hybridized carbons (Fsp3) is 0.733. The lowest BCUT2D eigenvalue weighted by atomic mass is 9.98. The largest absolute Gasteiger partial charge is 0.391 e. The maximum absolute atomic E-state index is 9.66. The average molecular weight is 438 g/mol. The second-order valence-corrected chi connectivity index (χ2v) is 7.31. The molecule has 0 amide bonds. The Hall–Kier alpha value is -0.410. The molecule has 0 saturated carbocycles. The van der Waals surface area contributed by atoms with E-state index >= 15 is 0 Å². The van der Waals surface area contributed by atoms with Crippen molar-refractivity contribution in [3.63, 3.8) is 0 Å². The van der Waals surface area contributed by atoms with Crippen LogP contribution in [-0.4, -0.2) is 46.7 Å². The van der Waals surface area contributed by atoms with Gasteiger partial charge in [-0.05, 0) is 13.3 Å². The van der Waals surface area contributed by atoms with Gasteiger partial charge in [0.2, 0.25) is 0 Å². The molecule has 2 N–H and O–H groups in total. The highest BCUT2D eigenvalue weighted by molar-refractivity contribution is 14.0. The third kappa shape index (κ3) is 5.34. The van der Waals surface area contributed by atoms with E-state index in [1.54, 1.807) is 11.3 Å². The minimum absolute atomic E-state index is 0. The van der Waals surface area contributed by atoms with Crippen molar-refractivity contribution >= 4 is 41.3 Å². The molecule has 0 radical (unpaired) electrons. The molecule has 0 aliphatic carbocycles. The summed E-state index contributed by atoms with van der Waals surface area (Å²) in [5.41, 5.74) is 1.11. The van der Waals surface area contributed by atoms with E-state index < -0.39 is 0 Å². The van der Waals surface area contributed by atoms with Gasteiger partial charge in [0.25, 0.3) is 0 Å². The number of rotatable bonds is 3. The molecule has 126 valence electrons. The first-order valence-corrected chi connectivity index (χ1v) is 8.44. The SMILES string of the molecule is CCNC(=NCc1csc(C(C)(C)C)n1)N1CC[C@@H](O)C1.I. The molecule has 1 aliphatic heterocycles. The fourth-order valence-electron chi connectivity index (χ4n) is 2.24. The number of aliphatic imine (C=N–C) groups is 1. The van der Waals surface area contributed by atoms with Crippen molar-refractivity contribution in [2.24, 2.45) is 4.99 Å². The van der Waals surface area contributed by atoms with Crippen LogP contribution in [0.25, 0.3) is 0 Å². The van der Waals surface area contributed by atoms with E-state index in [1.807, 2.05) is 0 Å². The lowest BCUT2D eigenvalue weighted by Gasteiger charge is -2.20. The highest BCUT2D eigenvalue weighted by Crippen LogP contribution is 2.25. The summed E-state index contributed by atoms with van der Waals surface area (Å²) in [5, 5.41) is 16.2. The molecule has 1 saturated heterocycles. The third-order valence-electron chi connectivity index (χ3n) is 3.38. The Labute approximate surface area is 154 Å². The topological polar surface area (TPSA) is 60.8 Å². The van der Waals surface area contributed by atoms with Gasteiger partial charge in [-0.3, -0.25) is 0 Å². The Balaban J connectivity index is 0.00000242. The Morgan fingerprint density at radius 2 is 2.27 bits per heavy atom. The van der Waals surface area contributed by atoms with E-state index in [-0.39, 0.29) is 35.5 Å². The van der Waals surface area contributed by atoms with Crippen LogP contribution in [0.5, 0.6) is 0 Å². The van der Waals surface area contributed by atoms with E-state index in [0.717, 1.165) is 36.2 Å². The van der Waals surface area contributed by atoms with Crippen LogP contribution in [0.4, 0.5) is 0 Å². The fourth-order valence-corrected chi connectivity index (χ4v) is 3.14. The smallest absolute Gasteiger partial charge is 0.194 e. The number of β-amino-alcohol motifs (C(OH)–C–C–N with tert-alkyl or cyclic N) is 1. The van der Waals surface area contributed by atoms with Crippen LogP contribution in [-0.2, 0) is 12.0 Å². The minimum Gasteiger partial charge on any atom is -0.391 e. The molecule has 1 aliphatic rings. The number of aromatic nitrogens is 1. The highest BCUT2D eigenvalue weighted by atomic mass is 127. The number of nitrogens with one attached hydrogen (secondary N) is 1. The van der Waals surface area contributed by atoms with E-state index in [9.17, 15) is 5.11 Å². The van der Waals surface area contributed by atoms with Crippen molar-refractivity contribution in [2.45, 2.75) is 52.2 Å². The number of aliphatic hydroxyl groups is 1. The molecule has 7 heteroatoms. The molecule has 1 aromatic heterocycles. The van der Waals surface area contributed by atoms with Crippen LogP contribution < -0.4 is 5.32 Å². The van der Waals surface area contributed by atoms with Gasteiger partial charge in [-0.15, -0.1) is 35.3 Å². The molecule has 2 rings (SSSR count). The molecular weight excluding hydrogens is 411 g/mol. The maximum atomic E-state index is 9.66. The summed E-state index contributed by atoms with van der Waals surface area (Å²) in [5.74, 6) is 0.874. The summed E-state index contributed by atoms with van der Waals surface area (Å²) >= 11 is 1.70. The van der Waals surface area contributed by atoms with Crippen LogP contribution in [0.15, 0.2) is 10.4 Å². The van der Waals surface area contributed by atoms with Gasteiger partial charge in [0.15, 0.2) is 5.96 Å². The van der Waals surface area contributed by atoms with Gasteiger partial charge in [0, 0.05) is 30.4 Å². The van der Waals surface area contributed by atoms with Crippen molar-refractivity contribution in [2.75, 3.05) is 19.6 Å². The van der Waals surface area contributed by atoms with Crippen LogP contribution in [0.2, 0.25) is 0 Å². The molecule has 5 nitrogen and oxygen atoms in total. The first-order valence-electron chi connectivity index (χ1n) is 7.56. The van der Waals surface area contributed by atoms with Crippen LogP contribution in [0, 0.1) is 0 Å². The monoisotopic (exact) mass is 438 g/mol. The molecular formula is C15H27IN4OS. The summed E-state index contributed by atoms with van der Waals surface area (Å²) in [6.07, 6.45) is 0.579. The molecule has 22 heavy (non-hydrogen) atoms. The van der Waals surface area contributed by atoms with Gasteiger partial charge in [-0.2, -0.15) is 0 Å². The number of likely N-dealkylation sites (tertiary alicyclic amines) is 1. The maximum Gasteiger partial charge on any atom is 0.194 e. The summed E-state index contributed by atoms with van der Waals surface area (Å²) in [7, 11) is 0. The summed E-state index contributed by atoms with van der Waals surface area (Å²) < 4.78 is 0. The van der Waals surface area contributed by atoms with Gasteiger partial charge < -0.3 is 15.3 Å². The quantitative estimate of drug-likeness (QED) is 0.433. The van der Waals surface area contributed by atoms with Gasteiger partial charge in [0.05, 0.1) is 23.4 Å². The first-order chi connectivity index (χ1) is 9.90. The van der Waals surface area contributed by atoms with Crippen LogP contribution in [0.3, 0.4) is 0 Å². The van der Waals surface area contributed by atoms with Gasteiger partial charge in [0.1, 0.15) is 0 Å². The number of nitrogens with zero attached hydrogens (tertiary/aromatic N) is 3. The second-order valence-electron chi connectivity index (χ2n) is 6.45. The zero-order chi connectivity index (χ0) is 15.5. The predicted octanol–water partition coefficient (Wildman–Crippen LogP) is 2.59. The molecule has 1 aromatic rings. The molecule has 2 heterocycles. The molecule has 1 fully saturated rings. The number of guanidine groups is 1. The molecule has 0 spiro atoms. The van der Waals surface area contributed by atoms with E-state index in [0.29, 0.717) is 13.1 Å². The average Bonchev–Trinajstić information content (AvgIpc) is 3.02. The van der Waals surface area contributed by atoms with Crippen molar-refractivity contribution < 1.29 is 5.11 Å². The molecule has 0 aromatic carbocycles. The Morgan fingerprint density at radius 3 is 2.77 bits per heavy atom. The number of aliphatic hydroxyl groups excluding tert-OH is 1. The molecule has 0 unspecified atom stereocenters. The molecule has 1 atom stereocenters. The lowest BCUT2D eigenvalue weighted by Crippen LogP contribution is -2.40. The van der Waals surface area contributed by atoms with Gasteiger partial charge in [-0.1, -0.05) is 20.8 Å².